The molecule has 0 aliphatic carbocycles. The van der Waals surface area contributed by atoms with Crippen molar-refractivity contribution in [1.29, 1.82) is 0 Å². The number of anilines is 1. The molecule has 1 unspecified atom stereocenters. The lowest BCUT2D eigenvalue weighted by atomic mass is 10.2. The van der Waals surface area contributed by atoms with Crippen molar-refractivity contribution in [2.45, 2.75) is 26.3 Å². The van der Waals surface area contributed by atoms with Crippen molar-refractivity contribution in [3.63, 3.8) is 0 Å². The predicted molar refractivity (Wildman–Crippen MR) is 84.8 cm³/mol. The van der Waals surface area contributed by atoms with E-state index in [9.17, 15) is 4.79 Å². The van der Waals surface area contributed by atoms with E-state index in [1.165, 1.54) is 0 Å². The Morgan fingerprint density at radius 2 is 2.27 bits per heavy atom. The number of hydrogen-bond donors (Lipinski definition) is 2. The van der Waals surface area contributed by atoms with E-state index < -0.39 is 0 Å². The number of rotatable bonds is 6. The van der Waals surface area contributed by atoms with Gasteiger partial charge in [-0.2, -0.15) is 0 Å². The zero-order valence-corrected chi connectivity index (χ0v) is 13.1. The van der Waals surface area contributed by atoms with Crippen LogP contribution >= 0.6 is 0 Å². The van der Waals surface area contributed by atoms with Crippen LogP contribution in [-0.2, 0) is 4.74 Å². The lowest BCUT2D eigenvalue weighted by Crippen LogP contribution is -2.40. The van der Waals surface area contributed by atoms with Crippen LogP contribution in [0, 0.1) is 6.92 Å². The molecule has 1 heterocycles. The molecule has 6 nitrogen and oxygen atoms in total. The van der Waals surface area contributed by atoms with Crippen molar-refractivity contribution in [3.8, 4) is 11.5 Å². The number of aryl methyl sites for hydroxylation is 1. The van der Waals surface area contributed by atoms with Crippen molar-refractivity contribution in [2.24, 2.45) is 0 Å². The summed E-state index contributed by atoms with van der Waals surface area (Å²) in [6, 6.07) is 7.09. The number of amides is 2. The van der Waals surface area contributed by atoms with E-state index in [4.69, 9.17) is 9.15 Å². The van der Waals surface area contributed by atoms with Gasteiger partial charge >= 0.3 is 6.03 Å². The Bertz CT molecular complexity index is 625. The molecule has 22 heavy (non-hydrogen) atoms. The first-order valence-electron chi connectivity index (χ1n) is 7.21. The number of carbonyl (C=O) groups is 1. The summed E-state index contributed by atoms with van der Waals surface area (Å²) in [6.07, 6.45) is 2.47. The van der Waals surface area contributed by atoms with Crippen molar-refractivity contribution in [2.75, 3.05) is 19.0 Å². The molecule has 0 spiro atoms. The summed E-state index contributed by atoms with van der Waals surface area (Å²) in [5, 5.41) is 5.67. The fraction of sp³-hybridized carbons (Fsp3) is 0.375. The summed E-state index contributed by atoms with van der Waals surface area (Å²) in [5.41, 5.74) is 1.49. The summed E-state index contributed by atoms with van der Waals surface area (Å²) in [4.78, 5) is 16.2. The third-order valence-corrected chi connectivity index (χ3v) is 3.18. The second-order valence-electron chi connectivity index (χ2n) is 5.02. The average Bonchev–Trinajstić information content (AvgIpc) is 2.93. The highest BCUT2D eigenvalue weighted by Gasteiger charge is 2.11. The van der Waals surface area contributed by atoms with Crippen molar-refractivity contribution in [1.82, 2.24) is 10.3 Å². The van der Waals surface area contributed by atoms with Gasteiger partial charge in [0.05, 0.1) is 18.8 Å². The number of urea groups is 1. The molecular weight excluding hydrogens is 282 g/mol. The molecule has 1 aromatic carbocycles. The Labute approximate surface area is 129 Å². The highest BCUT2D eigenvalue weighted by molar-refractivity contribution is 5.90. The normalized spacial score (nSPS) is 12.0. The quantitative estimate of drug-likeness (QED) is 0.859. The van der Waals surface area contributed by atoms with Crippen LogP contribution in [0.25, 0.3) is 11.5 Å². The highest BCUT2D eigenvalue weighted by Crippen LogP contribution is 2.22. The maximum Gasteiger partial charge on any atom is 0.319 e. The highest BCUT2D eigenvalue weighted by atomic mass is 16.5. The number of methoxy groups -OCH3 is 1. The van der Waals surface area contributed by atoms with Crippen molar-refractivity contribution in [3.05, 3.63) is 36.2 Å². The number of nitrogens with zero attached hydrogens (tertiary/aromatic N) is 1. The van der Waals surface area contributed by atoms with E-state index >= 15 is 0 Å². The van der Waals surface area contributed by atoms with Crippen LogP contribution < -0.4 is 10.6 Å². The minimum Gasteiger partial charge on any atom is -0.441 e. The zero-order valence-electron chi connectivity index (χ0n) is 13.1. The maximum atomic E-state index is 12.0. The third kappa shape index (κ3) is 4.33. The van der Waals surface area contributed by atoms with E-state index in [0.717, 1.165) is 17.7 Å². The van der Waals surface area contributed by atoms with Crippen LogP contribution in [-0.4, -0.2) is 30.8 Å². The largest absolute Gasteiger partial charge is 0.441 e. The molecular formula is C16H21N3O3. The molecule has 2 amide bonds. The number of benzene rings is 1. The predicted octanol–water partition coefficient (Wildman–Crippen LogP) is 3.20. The molecule has 2 aromatic rings. The summed E-state index contributed by atoms with van der Waals surface area (Å²) in [7, 11) is 1.62. The molecule has 2 rings (SSSR count). The summed E-state index contributed by atoms with van der Waals surface area (Å²) in [5.74, 6) is 1.28. The Morgan fingerprint density at radius 1 is 1.45 bits per heavy atom. The van der Waals surface area contributed by atoms with Crippen LogP contribution in [0.3, 0.4) is 0 Å². The van der Waals surface area contributed by atoms with Crippen LogP contribution in [0.4, 0.5) is 10.5 Å². The maximum absolute atomic E-state index is 12.0. The van der Waals surface area contributed by atoms with Gasteiger partial charge in [0.25, 0.3) is 0 Å². The first kappa shape index (κ1) is 16.0. The number of nitrogens with one attached hydrogen (secondary N) is 2. The van der Waals surface area contributed by atoms with E-state index in [2.05, 4.69) is 15.6 Å². The van der Waals surface area contributed by atoms with Gasteiger partial charge in [-0.05, 0) is 31.5 Å². The molecule has 1 atom stereocenters. The molecule has 0 fully saturated rings. The van der Waals surface area contributed by atoms with Gasteiger partial charge in [-0.3, -0.25) is 0 Å². The molecule has 0 aliphatic rings. The van der Waals surface area contributed by atoms with Gasteiger partial charge in [0.2, 0.25) is 5.89 Å². The number of carbonyl (C=O) groups excluding carboxylic acids is 1. The molecule has 6 heteroatoms. The first-order valence-corrected chi connectivity index (χ1v) is 7.21. The standard InChI is InChI=1S/C16H21N3O3/c1-4-13(10-21-3)18-16(20)19-14-7-5-6-12(8-14)15-17-9-11(2)22-15/h5-9,13H,4,10H2,1-3H3,(H2,18,19,20). The summed E-state index contributed by atoms with van der Waals surface area (Å²) in [6.45, 7) is 4.32. The van der Waals surface area contributed by atoms with Gasteiger partial charge < -0.3 is 19.8 Å². The van der Waals surface area contributed by atoms with Crippen LogP contribution in [0.2, 0.25) is 0 Å². The molecule has 0 saturated heterocycles. The third-order valence-electron chi connectivity index (χ3n) is 3.18. The van der Waals surface area contributed by atoms with Gasteiger partial charge in [-0.15, -0.1) is 0 Å². The van der Waals surface area contributed by atoms with Gasteiger partial charge in [0.1, 0.15) is 5.76 Å². The molecule has 0 aliphatic heterocycles. The Morgan fingerprint density at radius 3 is 2.91 bits per heavy atom. The average molecular weight is 303 g/mol. The van der Waals surface area contributed by atoms with E-state index in [1.807, 2.05) is 38.1 Å². The molecule has 0 radical (unpaired) electrons. The molecule has 0 saturated carbocycles. The van der Waals surface area contributed by atoms with Crippen LogP contribution in [0.15, 0.2) is 34.9 Å². The van der Waals surface area contributed by atoms with E-state index in [1.54, 1.807) is 13.3 Å². The van der Waals surface area contributed by atoms with Gasteiger partial charge in [-0.1, -0.05) is 13.0 Å². The first-order chi connectivity index (χ1) is 10.6. The number of ether oxygens (including phenoxy) is 1. The number of hydrogen-bond acceptors (Lipinski definition) is 4. The Kier molecular flexibility index (Phi) is 5.55. The minimum absolute atomic E-state index is 0.0115. The SMILES string of the molecule is CCC(COC)NC(=O)Nc1cccc(-c2ncc(C)o2)c1. The van der Waals surface area contributed by atoms with Gasteiger partial charge in [0.15, 0.2) is 0 Å². The van der Waals surface area contributed by atoms with E-state index in [-0.39, 0.29) is 12.1 Å². The topological polar surface area (TPSA) is 76.4 Å². The van der Waals surface area contributed by atoms with Crippen LogP contribution in [0.1, 0.15) is 19.1 Å². The molecule has 2 N–H and O–H groups in total. The lowest BCUT2D eigenvalue weighted by Gasteiger charge is -2.16. The Balaban J connectivity index is 2.02. The van der Waals surface area contributed by atoms with Crippen LogP contribution in [0.5, 0.6) is 0 Å². The molecule has 0 bridgehead atoms. The van der Waals surface area contributed by atoms with Gasteiger partial charge in [0, 0.05) is 18.4 Å². The number of aromatic nitrogens is 1. The lowest BCUT2D eigenvalue weighted by molar-refractivity contribution is 0.165. The second kappa shape index (κ2) is 7.61. The summed E-state index contributed by atoms with van der Waals surface area (Å²) < 4.78 is 10.5. The zero-order chi connectivity index (χ0) is 15.9. The second-order valence-corrected chi connectivity index (χ2v) is 5.02. The monoisotopic (exact) mass is 303 g/mol. The number of oxazole rings is 1. The Hall–Kier alpha value is -2.34. The molecule has 118 valence electrons. The van der Waals surface area contributed by atoms with Crippen molar-refractivity contribution < 1.29 is 13.9 Å². The fourth-order valence-corrected chi connectivity index (χ4v) is 2.03. The van der Waals surface area contributed by atoms with E-state index in [0.29, 0.717) is 18.2 Å². The van der Waals surface area contributed by atoms with Crippen molar-refractivity contribution >= 4 is 11.7 Å². The molecule has 1 aromatic heterocycles. The minimum atomic E-state index is -0.260. The smallest absolute Gasteiger partial charge is 0.319 e. The fourth-order valence-electron chi connectivity index (χ4n) is 2.03. The summed E-state index contributed by atoms with van der Waals surface area (Å²) >= 11 is 0. The van der Waals surface area contributed by atoms with Gasteiger partial charge in [-0.25, -0.2) is 9.78 Å².